The van der Waals surface area contributed by atoms with E-state index in [9.17, 15) is 0 Å². The maximum atomic E-state index is 9.01. The average Bonchev–Trinajstić information content (AvgIpc) is 3.56. The zero-order chi connectivity index (χ0) is 33.3. The van der Waals surface area contributed by atoms with Crippen molar-refractivity contribution < 1.29 is 14.0 Å². The minimum Gasteiger partial charge on any atom is -0.455 e. The fourth-order valence-corrected chi connectivity index (χ4v) is 5.32. The predicted octanol–water partition coefficient (Wildman–Crippen LogP) is 10.2. The number of fused-ring (bicyclic) bond motifs is 4. The van der Waals surface area contributed by atoms with Crippen molar-refractivity contribution >= 4 is 32.6 Å². The fourth-order valence-electron chi connectivity index (χ4n) is 5.32. The van der Waals surface area contributed by atoms with Gasteiger partial charge in [0.25, 0.3) is 0 Å². The molecular formula is C38H24N2O. The van der Waals surface area contributed by atoms with Crippen LogP contribution in [0.25, 0.3) is 77.6 Å². The fraction of sp³-hybridized carbons (Fsp3) is 0. The molecule has 3 heteroatoms. The minimum atomic E-state index is -0.463. The standard InChI is InChI=1S/C38H24N2O/c1-3-10-25(11-4-1)35-24-33(38(41-35)28-12-5-2-6-13-28)31-20-21-32(30-16-8-7-15-29(30)31)34-22-19-27-18-17-26-14-9-23-39-36(26)37(27)40-34/h1-24H/i9D,14D,17D,18D,19D,22D,23D. The summed E-state index contributed by atoms with van der Waals surface area (Å²) in [6, 6.07) is 31.3. The molecule has 0 saturated heterocycles. The minimum absolute atomic E-state index is 0.00739. The van der Waals surface area contributed by atoms with E-state index in [-0.39, 0.29) is 51.7 Å². The molecule has 0 saturated carbocycles. The highest BCUT2D eigenvalue weighted by molar-refractivity contribution is 6.08. The van der Waals surface area contributed by atoms with Gasteiger partial charge in [-0.05, 0) is 34.5 Å². The molecule has 0 fully saturated rings. The van der Waals surface area contributed by atoms with Crippen molar-refractivity contribution in [3.05, 3.63) is 146 Å². The van der Waals surface area contributed by atoms with E-state index in [1.165, 1.54) is 0 Å². The number of hydrogen-bond acceptors (Lipinski definition) is 3. The van der Waals surface area contributed by atoms with E-state index < -0.39 is 18.3 Å². The monoisotopic (exact) mass is 531 g/mol. The molecule has 0 aliphatic carbocycles. The first-order valence-corrected chi connectivity index (χ1v) is 13.2. The SMILES string of the molecule is [2H]c1nc2c(c([2H])c1[2H])c([2H])c([2H])c1c([2H])c([2H])c(-c3ccc(-c4cc(-c5ccccc5)oc4-c4ccccc4)c4ccccc34)nc12. The lowest BCUT2D eigenvalue weighted by molar-refractivity contribution is 0.598. The van der Waals surface area contributed by atoms with Crippen molar-refractivity contribution in [3.8, 4) is 45.0 Å². The Hall–Kier alpha value is -5.54. The molecule has 0 aliphatic heterocycles. The van der Waals surface area contributed by atoms with Crippen LogP contribution in [0.3, 0.4) is 0 Å². The number of aromatic nitrogens is 2. The second kappa shape index (κ2) is 9.58. The van der Waals surface area contributed by atoms with Crippen LogP contribution in [0.1, 0.15) is 9.60 Å². The summed E-state index contributed by atoms with van der Waals surface area (Å²) in [6.45, 7) is 0. The van der Waals surface area contributed by atoms with E-state index in [2.05, 4.69) is 4.98 Å². The lowest BCUT2D eigenvalue weighted by atomic mass is 9.92. The third-order valence-corrected chi connectivity index (χ3v) is 7.25. The number of pyridine rings is 2. The van der Waals surface area contributed by atoms with Gasteiger partial charge in [0.1, 0.15) is 11.5 Å². The van der Waals surface area contributed by atoms with Gasteiger partial charge in [-0.3, -0.25) is 4.98 Å². The van der Waals surface area contributed by atoms with E-state index in [1.54, 1.807) is 0 Å². The largest absolute Gasteiger partial charge is 0.455 e. The van der Waals surface area contributed by atoms with Gasteiger partial charge >= 0.3 is 0 Å². The van der Waals surface area contributed by atoms with Gasteiger partial charge in [0.05, 0.1) is 26.3 Å². The summed E-state index contributed by atoms with van der Waals surface area (Å²) in [4.78, 5) is 8.98. The Kier molecular flexibility index (Phi) is 4.02. The van der Waals surface area contributed by atoms with Gasteiger partial charge in [-0.25, -0.2) is 4.98 Å². The smallest absolute Gasteiger partial charge is 0.142 e. The molecule has 41 heavy (non-hydrogen) atoms. The van der Waals surface area contributed by atoms with Crippen LogP contribution < -0.4 is 0 Å². The lowest BCUT2D eigenvalue weighted by Crippen LogP contribution is -1.91. The molecule has 8 rings (SSSR count). The maximum Gasteiger partial charge on any atom is 0.142 e. The Morgan fingerprint density at radius 2 is 1.20 bits per heavy atom. The molecule has 0 atom stereocenters. The highest BCUT2D eigenvalue weighted by Crippen LogP contribution is 2.43. The second-order valence-corrected chi connectivity index (χ2v) is 9.67. The first-order valence-electron chi connectivity index (χ1n) is 16.7. The van der Waals surface area contributed by atoms with Crippen molar-refractivity contribution in [1.82, 2.24) is 9.97 Å². The van der Waals surface area contributed by atoms with Crippen molar-refractivity contribution in [2.24, 2.45) is 0 Å². The van der Waals surface area contributed by atoms with Gasteiger partial charge in [0.2, 0.25) is 0 Å². The van der Waals surface area contributed by atoms with Crippen molar-refractivity contribution in [1.29, 1.82) is 0 Å². The summed E-state index contributed by atoms with van der Waals surface area (Å²) >= 11 is 0. The number of benzene rings is 5. The summed E-state index contributed by atoms with van der Waals surface area (Å²) in [5, 5.41) is 1.51. The van der Waals surface area contributed by atoms with Crippen molar-refractivity contribution in [3.63, 3.8) is 0 Å². The Morgan fingerprint density at radius 1 is 0.561 bits per heavy atom. The number of hydrogen-bond donors (Lipinski definition) is 0. The van der Waals surface area contributed by atoms with Gasteiger partial charge in [0.15, 0.2) is 0 Å². The Labute approximate surface area is 247 Å². The molecule has 0 unspecified atom stereocenters. The Bertz CT molecular complexity index is 2590. The molecule has 192 valence electrons. The molecule has 0 N–H and O–H groups in total. The molecular weight excluding hydrogens is 500 g/mol. The van der Waals surface area contributed by atoms with Crippen molar-refractivity contribution in [2.75, 3.05) is 0 Å². The van der Waals surface area contributed by atoms with Crippen LogP contribution in [0.5, 0.6) is 0 Å². The average molecular weight is 532 g/mol. The zero-order valence-electron chi connectivity index (χ0n) is 28.6. The van der Waals surface area contributed by atoms with Gasteiger partial charge in [-0.1, -0.05) is 121 Å². The summed E-state index contributed by atoms with van der Waals surface area (Å²) in [7, 11) is 0. The molecule has 5 aromatic carbocycles. The molecule has 0 amide bonds. The van der Waals surface area contributed by atoms with Crippen molar-refractivity contribution in [2.45, 2.75) is 0 Å². The normalized spacial score (nSPS) is 13.8. The van der Waals surface area contributed by atoms with E-state index in [0.717, 1.165) is 38.8 Å². The summed E-state index contributed by atoms with van der Waals surface area (Å²) in [5.74, 6) is 1.43. The van der Waals surface area contributed by atoms with E-state index in [1.807, 2.05) is 103 Å². The Balaban J connectivity index is 1.41. The molecule has 3 heterocycles. The molecule has 0 bridgehead atoms. The van der Waals surface area contributed by atoms with Crippen LogP contribution in [0.2, 0.25) is 0 Å². The Morgan fingerprint density at radius 3 is 1.98 bits per heavy atom. The molecule has 0 spiro atoms. The maximum absolute atomic E-state index is 9.01. The van der Waals surface area contributed by atoms with Gasteiger partial charge in [-0.15, -0.1) is 0 Å². The molecule has 8 aromatic rings. The van der Waals surface area contributed by atoms with Crippen LogP contribution in [0.15, 0.2) is 150 Å². The molecule has 3 aromatic heterocycles. The summed E-state index contributed by atoms with van der Waals surface area (Å²) in [5.41, 5.74) is 4.43. The third-order valence-electron chi connectivity index (χ3n) is 7.25. The number of furan rings is 1. The van der Waals surface area contributed by atoms with Gasteiger partial charge < -0.3 is 4.42 Å². The van der Waals surface area contributed by atoms with Crippen LogP contribution >= 0.6 is 0 Å². The topological polar surface area (TPSA) is 38.9 Å². The number of nitrogens with zero attached hydrogens (tertiary/aromatic N) is 2. The van der Waals surface area contributed by atoms with Crippen LogP contribution in [0.4, 0.5) is 0 Å². The molecule has 0 aliphatic rings. The summed E-state index contributed by atoms with van der Waals surface area (Å²) < 4.78 is 66.3. The van der Waals surface area contributed by atoms with E-state index >= 15 is 0 Å². The number of rotatable bonds is 4. The van der Waals surface area contributed by atoms with Crippen LogP contribution in [0, 0.1) is 0 Å². The lowest BCUT2D eigenvalue weighted by Gasteiger charge is -2.12. The first-order chi connectivity index (χ1) is 23.2. The third kappa shape index (κ3) is 3.98. The zero-order valence-corrected chi connectivity index (χ0v) is 21.6. The first kappa shape index (κ1) is 17.2. The highest BCUT2D eigenvalue weighted by Gasteiger charge is 2.19. The van der Waals surface area contributed by atoms with Crippen LogP contribution in [-0.2, 0) is 0 Å². The summed E-state index contributed by atoms with van der Waals surface area (Å²) in [6.07, 6.45) is -0.463. The van der Waals surface area contributed by atoms with Gasteiger partial charge in [0, 0.05) is 39.2 Å². The predicted molar refractivity (Wildman–Crippen MR) is 169 cm³/mol. The van der Waals surface area contributed by atoms with E-state index in [4.69, 9.17) is 19.0 Å². The second-order valence-electron chi connectivity index (χ2n) is 9.67. The quantitative estimate of drug-likeness (QED) is 0.212. The van der Waals surface area contributed by atoms with E-state index in [0.29, 0.717) is 11.3 Å². The molecule has 0 radical (unpaired) electrons. The van der Waals surface area contributed by atoms with Crippen LogP contribution in [-0.4, -0.2) is 9.97 Å². The molecule has 3 nitrogen and oxygen atoms in total. The highest BCUT2D eigenvalue weighted by atomic mass is 16.3. The van der Waals surface area contributed by atoms with Gasteiger partial charge in [-0.2, -0.15) is 0 Å².